The molecule has 1 heterocycles. The number of benzene rings is 1. The molecule has 0 spiro atoms. The van der Waals surface area contributed by atoms with Crippen LogP contribution in [-0.2, 0) is 11.3 Å². The van der Waals surface area contributed by atoms with Gasteiger partial charge in [-0.2, -0.15) is 13.2 Å². The minimum absolute atomic E-state index is 0.0582. The van der Waals surface area contributed by atoms with Crippen LogP contribution in [0.3, 0.4) is 0 Å². The highest BCUT2D eigenvalue weighted by Crippen LogP contribution is 2.23. The second kappa shape index (κ2) is 6.45. The van der Waals surface area contributed by atoms with E-state index in [2.05, 4.69) is 9.94 Å². The number of carbonyl (C=O) groups is 1. The largest absolute Gasteiger partial charge is 0.390 e. The molecule has 6 nitrogen and oxygen atoms in total. The topological polar surface area (TPSA) is 66.1 Å². The number of carbonyl (C=O) groups excluding carboxylic acids is 1. The fourth-order valence-electron chi connectivity index (χ4n) is 1.81. The Labute approximate surface area is 133 Å². The molecule has 10 heteroatoms. The molecule has 2 aromatic rings. The molecule has 1 aromatic heterocycles. The maximum Gasteiger partial charge on any atom is 0.390 e. The van der Waals surface area contributed by atoms with Gasteiger partial charge in [-0.15, -0.1) is 5.10 Å². The van der Waals surface area contributed by atoms with Gasteiger partial charge in [0.25, 0.3) is 0 Å². The van der Waals surface area contributed by atoms with Gasteiger partial charge >= 0.3 is 17.8 Å². The van der Waals surface area contributed by atoms with Crippen LogP contribution in [0.15, 0.2) is 29.1 Å². The summed E-state index contributed by atoms with van der Waals surface area (Å²) in [6, 6.07) is 5.99. The molecule has 124 valence electrons. The van der Waals surface area contributed by atoms with E-state index >= 15 is 0 Å². The minimum Gasteiger partial charge on any atom is -0.314 e. The van der Waals surface area contributed by atoms with Crippen molar-refractivity contribution < 1.29 is 22.8 Å². The summed E-state index contributed by atoms with van der Waals surface area (Å²) in [6.45, 7) is 0.394. The van der Waals surface area contributed by atoms with Gasteiger partial charge in [-0.1, -0.05) is 11.6 Å². The minimum atomic E-state index is -4.44. The smallest absolute Gasteiger partial charge is 0.314 e. The molecule has 23 heavy (non-hydrogen) atoms. The van der Waals surface area contributed by atoms with Crippen molar-refractivity contribution in [3.8, 4) is 11.4 Å². The van der Waals surface area contributed by atoms with Crippen LogP contribution in [0.5, 0.6) is 0 Å². The molecule has 0 unspecified atom stereocenters. The fourth-order valence-corrected chi connectivity index (χ4v) is 1.94. The van der Waals surface area contributed by atoms with Gasteiger partial charge < -0.3 is 4.84 Å². The Morgan fingerprint density at radius 3 is 2.43 bits per heavy atom. The maximum atomic E-state index is 12.4. The van der Waals surface area contributed by atoms with E-state index in [4.69, 9.17) is 11.6 Å². The first-order chi connectivity index (χ1) is 10.7. The van der Waals surface area contributed by atoms with Gasteiger partial charge in [0.15, 0.2) is 5.82 Å². The summed E-state index contributed by atoms with van der Waals surface area (Å²) in [5.74, 6) is -0.882. The molecule has 0 radical (unpaired) electrons. The number of hydrogen-bond acceptors (Lipinski definition) is 4. The van der Waals surface area contributed by atoms with Crippen LogP contribution in [0.2, 0.25) is 5.02 Å². The lowest BCUT2D eigenvalue weighted by atomic mass is 10.2. The molecule has 1 aromatic carbocycles. The average molecular weight is 350 g/mol. The molecular weight excluding hydrogens is 339 g/mol. The molecule has 0 saturated heterocycles. The molecule has 0 aliphatic carbocycles. The first-order valence-corrected chi connectivity index (χ1v) is 6.76. The number of aromatic nitrogens is 3. The third-order valence-corrected chi connectivity index (χ3v) is 3.02. The fraction of sp³-hybridized carbons (Fsp3) is 0.308. The molecule has 0 aliphatic heterocycles. The zero-order chi connectivity index (χ0) is 17.2. The lowest BCUT2D eigenvalue weighted by Crippen LogP contribution is -2.32. The van der Waals surface area contributed by atoms with E-state index in [-0.39, 0.29) is 5.82 Å². The maximum absolute atomic E-state index is 12.4. The third kappa shape index (κ3) is 4.35. The van der Waals surface area contributed by atoms with E-state index in [1.54, 1.807) is 0 Å². The highest BCUT2D eigenvalue weighted by Gasteiger charge is 2.28. The van der Waals surface area contributed by atoms with E-state index in [0.29, 0.717) is 15.4 Å². The van der Waals surface area contributed by atoms with Gasteiger partial charge in [0.1, 0.15) is 0 Å². The van der Waals surface area contributed by atoms with Gasteiger partial charge in [0.05, 0.1) is 6.42 Å². The van der Waals surface area contributed by atoms with Crippen LogP contribution >= 0.6 is 11.6 Å². The second-order valence-electron chi connectivity index (χ2n) is 4.59. The Balaban J connectivity index is 2.47. The zero-order valence-corrected chi connectivity index (χ0v) is 12.6. The van der Waals surface area contributed by atoms with Crippen LogP contribution in [0.1, 0.15) is 13.3 Å². The van der Waals surface area contributed by atoms with Gasteiger partial charge in [0.2, 0.25) is 0 Å². The van der Waals surface area contributed by atoms with Crippen LogP contribution in [0.25, 0.3) is 11.4 Å². The summed E-state index contributed by atoms with van der Waals surface area (Å²) in [5, 5.41) is 4.18. The summed E-state index contributed by atoms with van der Waals surface area (Å²) in [6.07, 6.45) is -5.67. The van der Waals surface area contributed by atoms with Crippen molar-refractivity contribution in [2.45, 2.75) is 26.1 Å². The molecule has 0 amide bonds. The number of alkyl halides is 3. The van der Waals surface area contributed by atoms with Crippen LogP contribution in [0, 0.1) is 0 Å². The average Bonchev–Trinajstić information content (AvgIpc) is 2.73. The summed E-state index contributed by atoms with van der Waals surface area (Å²) in [4.78, 5) is 28.0. The zero-order valence-electron chi connectivity index (χ0n) is 11.8. The normalized spacial score (nSPS) is 11.5. The number of halogens is 4. The summed E-state index contributed by atoms with van der Waals surface area (Å²) in [5.41, 5.74) is -0.617. The highest BCUT2D eigenvalue weighted by atomic mass is 35.5. The third-order valence-electron chi connectivity index (χ3n) is 2.77. The molecule has 0 saturated carbocycles. The Kier molecular flexibility index (Phi) is 4.79. The van der Waals surface area contributed by atoms with Crippen LogP contribution in [-0.4, -0.2) is 26.7 Å². The molecule has 0 aliphatic rings. The van der Waals surface area contributed by atoms with Gasteiger partial charge in [-0.05, 0) is 29.1 Å². The lowest BCUT2D eigenvalue weighted by molar-refractivity contribution is -0.144. The van der Waals surface area contributed by atoms with E-state index in [1.807, 2.05) is 0 Å². The second-order valence-corrected chi connectivity index (χ2v) is 5.02. The number of nitrogens with zero attached hydrogens (tertiary/aromatic N) is 3. The summed E-state index contributed by atoms with van der Waals surface area (Å²) >= 11 is 5.75. The van der Waals surface area contributed by atoms with E-state index in [0.717, 1.165) is 11.5 Å². The Morgan fingerprint density at radius 1 is 1.30 bits per heavy atom. The molecule has 0 fully saturated rings. The predicted molar refractivity (Wildman–Crippen MR) is 74.9 cm³/mol. The number of rotatable bonds is 4. The monoisotopic (exact) mass is 349 g/mol. The van der Waals surface area contributed by atoms with E-state index in [9.17, 15) is 22.8 Å². The van der Waals surface area contributed by atoms with Crippen molar-refractivity contribution in [1.82, 2.24) is 14.5 Å². The Morgan fingerprint density at radius 2 is 1.91 bits per heavy atom. The van der Waals surface area contributed by atoms with Crippen LogP contribution in [0.4, 0.5) is 13.2 Å². The summed E-state index contributed by atoms with van der Waals surface area (Å²) in [7, 11) is 0. The molecule has 0 atom stereocenters. The molecule has 2 rings (SSSR count). The lowest BCUT2D eigenvalue weighted by Gasteiger charge is -2.08. The van der Waals surface area contributed by atoms with Gasteiger partial charge in [-0.25, -0.2) is 9.59 Å². The highest BCUT2D eigenvalue weighted by molar-refractivity contribution is 6.30. The standard InChI is InChI=1S/C13H11ClF3N3O3/c1-8(21)23-20-12(22)19(7-6-13(15,16)17)11(18-20)9-2-4-10(14)5-3-9/h2-5H,6-7H2,1H3. The predicted octanol–water partition coefficient (Wildman–Crippen LogP) is 2.29. The van der Waals surface area contributed by atoms with Crippen LogP contribution < -0.4 is 10.5 Å². The van der Waals surface area contributed by atoms with Crippen molar-refractivity contribution in [2.75, 3.05) is 0 Å². The van der Waals surface area contributed by atoms with Gasteiger partial charge in [0, 0.05) is 24.1 Å². The van der Waals surface area contributed by atoms with E-state index in [1.165, 1.54) is 24.3 Å². The Hall–Kier alpha value is -2.29. The molecule has 0 N–H and O–H groups in total. The molecule has 0 bridgehead atoms. The first-order valence-electron chi connectivity index (χ1n) is 6.39. The van der Waals surface area contributed by atoms with Crippen molar-refractivity contribution in [2.24, 2.45) is 0 Å². The van der Waals surface area contributed by atoms with E-state index < -0.39 is 30.8 Å². The first kappa shape index (κ1) is 17.1. The number of hydrogen-bond donors (Lipinski definition) is 0. The summed E-state index contributed by atoms with van der Waals surface area (Å²) < 4.78 is 38.1. The Bertz CT molecular complexity index is 765. The van der Waals surface area contributed by atoms with Crippen molar-refractivity contribution >= 4 is 17.6 Å². The van der Waals surface area contributed by atoms with Gasteiger partial charge in [-0.3, -0.25) is 4.57 Å². The van der Waals surface area contributed by atoms with Crippen molar-refractivity contribution in [1.29, 1.82) is 0 Å². The quantitative estimate of drug-likeness (QED) is 0.849. The van der Waals surface area contributed by atoms with Crippen molar-refractivity contribution in [3.05, 3.63) is 39.8 Å². The molecular formula is C13H11ClF3N3O3. The SMILES string of the molecule is CC(=O)On1nc(-c2ccc(Cl)cc2)n(CCC(F)(F)F)c1=O. The van der Waals surface area contributed by atoms with Crippen molar-refractivity contribution in [3.63, 3.8) is 0 Å².